The quantitative estimate of drug-likeness (QED) is 0.537. The normalized spacial score (nSPS) is 15.9. The molecule has 0 aliphatic carbocycles. The first kappa shape index (κ1) is 20.0. The van der Waals surface area contributed by atoms with Crippen LogP contribution in [-0.4, -0.2) is 44.8 Å². The minimum atomic E-state index is -3.58. The Morgan fingerprint density at radius 3 is 2.37 bits per heavy atom. The van der Waals surface area contributed by atoms with Crippen molar-refractivity contribution in [2.45, 2.75) is 4.90 Å². The lowest BCUT2D eigenvalue weighted by Gasteiger charge is -2.26. The van der Waals surface area contributed by atoms with Crippen LogP contribution in [0.5, 0.6) is 0 Å². The zero-order valence-electron chi connectivity index (χ0n) is 14.3. The fourth-order valence-corrected chi connectivity index (χ4v) is 4.42. The minimum absolute atomic E-state index is 0.155. The smallest absolute Gasteiger partial charge is 0.243 e. The molecule has 142 valence electrons. The van der Waals surface area contributed by atoms with E-state index in [1.165, 1.54) is 34.6 Å². The average Bonchev–Trinajstić information content (AvgIpc) is 2.69. The molecule has 1 saturated heterocycles. The summed E-state index contributed by atoms with van der Waals surface area (Å²) in [6.45, 7) is 1.41. The number of ether oxygens (including phenoxy) is 1. The lowest BCUT2D eigenvalue weighted by molar-refractivity contribution is 0.0730. The van der Waals surface area contributed by atoms with Crippen LogP contribution >= 0.6 is 23.2 Å². The van der Waals surface area contributed by atoms with Gasteiger partial charge in [0.25, 0.3) is 0 Å². The van der Waals surface area contributed by atoms with Gasteiger partial charge in [0, 0.05) is 18.7 Å². The maximum atomic E-state index is 12.6. The highest BCUT2D eigenvalue weighted by Crippen LogP contribution is 2.26. The van der Waals surface area contributed by atoms with Crippen LogP contribution in [0.4, 0.5) is 0 Å². The van der Waals surface area contributed by atoms with Gasteiger partial charge in [0.2, 0.25) is 10.0 Å². The van der Waals surface area contributed by atoms with Gasteiger partial charge in [-0.05, 0) is 48.0 Å². The molecule has 1 aliphatic rings. The number of benzene rings is 2. The summed E-state index contributed by atoms with van der Waals surface area (Å²) < 4.78 is 31.8. The van der Waals surface area contributed by atoms with E-state index in [4.69, 9.17) is 27.9 Å². The number of halogens is 2. The van der Waals surface area contributed by atoms with Crippen molar-refractivity contribution in [2.24, 2.45) is 0 Å². The highest BCUT2D eigenvalue weighted by Gasteiger charge is 2.26. The van der Waals surface area contributed by atoms with Crippen LogP contribution in [0.1, 0.15) is 15.9 Å². The molecule has 2 aromatic carbocycles. The first-order valence-corrected chi connectivity index (χ1v) is 10.4. The number of hydrogen-bond acceptors (Lipinski definition) is 4. The van der Waals surface area contributed by atoms with E-state index >= 15 is 0 Å². The third-order valence-electron chi connectivity index (χ3n) is 4.14. The predicted molar refractivity (Wildman–Crippen MR) is 106 cm³/mol. The van der Waals surface area contributed by atoms with Gasteiger partial charge in [-0.15, -0.1) is 0 Å². The number of rotatable bonds is 5. The average molecular weight is 426 g/mol. The number of hydrogen-bond donors (Lipinski definition) is 0. The summed E-state index contributed by atoms with van der Waals surface area (Å²) >= 11 is 12.0. The molecule has 1 fully saturated rings. The molecule has 0 N–H and O–H groups in total. The summed E-state index contributed by atoms with van der Waals surface area (Å²) in [6, 6.07) is 11.0. The molecule has 0 amide bonds. The molecule has 5 nitrogen and oxygen atoms in total. The van der Waals surface area contributed by atoms with Crippen LogP contribution in [0.25, 0.3) is 6.08 Å². The van der Waals surface area contributed by atoms with Crippen LogP contribution in [0.15, 0.2) is 53.4 Å². The Labute approximate surface area is 168 Å². The number of ketones is 1. The van der Waals surface area contributed by atoms with Crippen molar-refractivity contribution in [3.05, 3.63) is 69.7 Å². The first-order chi connectivity index (χ1) is 12.9. The highest BCUT2D eigenvalue weighted by atomic mass is 35.5. The molecule has 0 atom stereocenters. The molecule has 0 radical (unpaired) electrons. The van der Waals surface area contributed by atoms with Gasteiger partial charge in [-0.25, -0.2) is 8.42 Å². The van der Waals surface area contributed by atoms with Crippen molar-refractivity contribution in [1.29, 1.82) is 0 Å². The maximum absolute atomic E-state index is 12.6. The Morgan fingerprint density at radius 1 is 1.04 bits per heavy atom. The summed E-state index contributed by atoms with van der Waals surface area (Å²) in [5.74, 6) is -0.263. The van der Waals surface area contributed by atoms with Crippen molar-refractivity contribution >= 4 is 45.1 Å². The van der Waals surface area contributed by atoms with Gasteiger partial charge in [0.1, 0.15) is 0 Å². The fraction of sp³-hybridized carbons (Fsp3) is 0.211. The van der Waals surface area contributed by atoms with E-state index in [1.807, 2.05) is 0 Å². The number of morpholine rings is 1. The molecule has 8 heteroatoms. The third kappa shape index (κ3) is 4.59. The van der Waals surface area contributed by atoms with Gasteiger partial charge in [0.15, 0.2) is 5.78 Å². The second-order valence-corrected chi connectivity index (χ2v) is 8.60. The third-order valence-corrected chi connectivity index (χ3v) is 6.89. The van der Waals surface area contributed by atoms with Crippen molar-refractivity contribution in [3.8, 4) is 0 Å². The molecular weight excluding hydrogens is 409 g/mol. The summed E-state index contributed by atoms with van der Waals surface area (Å²) in [5, 5.41) is 0.777. The Morgan fingerprint density at radius 2 is 1.70 bits per heavy atom. The fourth-order valence-electron chi connectivity index (χ4n) is 2.64. The molecule has 0 spiro atoms. The number of sulfonamides is 1. The lowest BCUT2D eigenvalue weighted by Crippen LogP contribution is -2.40. The molecule has 0 aromatic heterocycles. The van der Waals surface area contributed by atoms with Gasteiger partial charge < -0.3 is 4.74 Å². The molecular formula is C19H17Cl2NO4S. The van der Waals surface area contributed by atoms with E-state index in [0.717, 1.165) is 0 Å². The second kappa shape index (κ2) is 8.54. The van der Waals surface area contributed by atoms with Crippen molar-refractivity contribution in [2.75, 3.05) is 26.3 Å². The van der Waals surface area contributed by atoms with E-state index in [2.05, 4.69) is 0 Å². The monoisotopic (exact) mass is 425 g/mol. The van der Waals surface area contributed by atoms with E-state index in [1.54, 1.807) is 24.3 Å². The SMILES string of the molecule is O=C(/C=C/c1cccc(Cl)c1Cl)c1ccc(S(=O)(=O)N2CCOCC2)cc1. The molecule has 3 rings (SSSR count). The zero-order valence-corrected chi connectivity index (χ0v) is 16.6. The first-order valence-electron chi connectivity index (χ1n) is 8.24. The van der Waals surface area contributed by atoms with E-state index < -0.39 is 10.0 Å². The van der Waals surface area contributed by atoms with E-state index in [0.29, 0.717) is 47.5 Å². The Bertz CT molecular complexity index is 966. The van der Waals surface area contributed by atoms with Gasteiger partial charge in [0.05, 0.1) is 28.2 Å². The number of carbonyl (C=O) groups is 1. The van der Waals surface area contributed by atoms with Crippen LogP contribution < -0.4 is 0 Å². The van der Waals surface area contributed by atoms with Crippen LogP contribution in [0.3, 0.4) is 0 Å². The molecule has 1 aliphatic heterocycles. The Kier molecular flexibility index (Phi) is 6.34. The van der Waals surface area contributed by atoms with Gasteiger partial charge in [-0.1, -0.05) is 35.3 Å². The van der Waals surface area contributed by atoms with Crippen molar-refractivity contribution < 1.29 is 17.9 Å². The summed E-state index contributed by atoms with van der Waals surface area (Å²) in [4.78, 5) is 12.5. The topological polar surface area (TPSA) is 63.7 Å². The van der Waals surface area contributed by atoms with Crippen LogP contribution in [-0.2, 0) is 14.8 Å². The number of nitrogens with zero attached hydrogens (tertiary/aromatic N) is 1. The largest absolute Gasteiger partial charge is 0.379 e. The standard InChI is InChI=1S/C19H17Cl2NO4S/c20-17-3-1-2-15(19(17)21)6-9-18(23)14-4-7-16(8-5-14)27(24,25)22-10-12-26-13-11-22/h1-9H,10-13H2/b9-6+. The summed E-state index contributed by atoms with van der Waals surface area (Å²) in [5.41, 5.74) is 1.01. The Balaban J connectivity index is 1.75. The highest BCUT2D eigenvalue weighted by molar-refractivity contribution is 7.89. The molecule has 1 heterocycles. The molecule has 0 saturated carbocycles. The van der Waals surface area contributed by atoms with E-state index in [9.17, 15) is 13.2 Å². The number of allylic oxidation sites excluding steroid dienone is 1. The Hall–Kier alpha value is -1.70. The molecule has 2 aromatic rings. The van der Waals surface area contributed by atoms with Gasteiger partial charge >= 0.3 is 0 Å². The minimum Gasteiger partial charge on any atom is -0.379 e. The van der Waals surface area contributed by atoms with Crippen LogP contribution in [0, 0.1) is 0 Å². The second-order valence-electron chi connectivity index (χ2n) is 5.88. The van der Waals surface area contributed by atoms with Gasteiger partial charge in [-0.3, -0.25) is 4.79 Å². The van der Waals surface area contributed by atoms with Gasteiger partial charge in [-0.2, -0.15) is 4.31 Å². The zero-order chi connectivity index (χ0) is 19.4. The summed E-state index contributed by atoms with van der Waals surface area (Å²) in [7, 11) is -3.58. The number of carbonyl (C=O) groups excluding carboxylic acids is 1. The summed E-state index contributed by atoms with van der Waals surface area (Å²) in [6.07, 6.45) is 2.96. The molecule has 0 bridgehead atoms. The van der Waals surface area contributed by atoms with Crippen LogP contribution in [0.2, 0.25) is 10.0 Å². The predicted octanol–water partition coefficient (Wildman–Crippen LogP) is 3.91. The van der Waals surface area contributed by atoms with Crippen molar-refractivity contribution in [3.63, 3.8) is 0 Å². The molecule has 27 heavy (non-hydrogen) atoms. The lowest BCUT2D eigenvalue weighted by atomic mass is 10.1. The maximum Gasteiger partial charge on any atom is 0.243 e. The molecule has 0 unspecified atom stereocenters. The van der Waals surface area contributed by atoms with E-state index in [-0.39, 0.29) is 10.7 Å². The van der Waals surface area contributed by atoms with Crippen molar-refractivity contribution in [1.82, 2.24) is 4.31 Å².